The van der Waals surface area contributed by atoms with Crippen LogP contribution in [-0.2, 0) is 21.4 Å². The summed E-state index contributed by atoms with van der Waals surface area (Å²) in [7, 11) is -3.95. The van der Waals surface area contributed by atoms with Gasteiger partial charge in [-0.3, -0.25) is 4.79 Å². The molecule has 0 unspecified atom stereocenters. The number of hydrogen-bond donors (Lipinski definition) is 0. The molecule has 1 saturated heterocycles. The second-order valence-corrected chi connectivity index (χ2v) is 11.8. The summed E-state index contributed by atoms with van der Waals surface area (Å²) < 4.78 is 28.3. The molecule has 0 aromatic heterocycles. The second-order valence-electron chi connectivity index (χ2n) is 8.94. The van der Waals surface area contributed by atoms with Crippen LogP contribution in [-0.4, -0.2) is 56.3 Å². The summed E-state index contributed by atoms with van der Waals surface area (Å²) in [4.78, 5) is 17.4. The fourth-order valence-corrected chi connectivity index (χ4v) is 6.06. The Bertz CT molecular complexity index is 1340. The number of sulfonamides is 1. The van der Waals surface area contributed by atoms with E-state index in [1.807, 2.05) is 6.07 Å². The lowest BCUT2D eigenvalue weighted by Gasteiger charge is -2.37. The van der Waals surface area contributed by atoms with E-state index in [9.17, 15) is 13.2 Å². The van der Waals surface area contributed by atoms with E-state index in [4.69, 9.17) is 23.2 Å². The lowest BCUT2D eigenvalue weighted by Crippen LogP contribution is -2.52. The first-order valence-electron chi connectivity index (χ1n) is 11.7. The van der Waals surface area contributed by atoms with E-state index in [0.717, 1.165) is 0 Å². The number of anilines is 1. The zero-order chi connectivity index (χ0) is 25.9. The molecule has 4 rings (SSSR count). The number of carbonyl (C=O) groups excluding carboxylic acids is 1. The molecule has 190 valence electrons. The van der Waals surface area contributed by atoms with Gasteiger partial charge >= 0.3 is 0 Å². The Balaban J connectivity index is 1.51. The molecule has 36 heavy (non-hydrogen) atoms. The van der Waals surface area contributed by atoms with Crippen LogP contribution in [0.15, 0.2) is 71.6 Å². The van der Waals surface area contributed by atoms with Crippen molar-refractivity contribution in [2.24, 2.45) is 0 Å². The molecule has 6 nitrogen and oxygen atoms in total. The Kier molecular flexibility index (Phi) is 8.25. The molecule has 0 atom stereocenters. The highest BCUT2D eigenvalue weighted by Crippen LogP contribution is 2.25. The maximum absolute atomic E-state index is 13.5. The van der Waals surface area contributed by atoms with Crippen molar-refractivity contribution in [2.45, 2.75) is 25.3 Å². The highest BCUT2D eigenvalue weighted by molar-refractivity contribution is 7.89. The summed E-state index contributed by atoms with van der Waals surface area (Å²) in [5.74, 6) is -0.227. The first-order chi connectivity index (χ1) is 17.1. The number of piperazine rings is 1. The minimum absolute atomic E-state index is 0.0275. The van der Waals surface area contributed by atoms with E-state index in [2.05, 4.69) is 30.9 Å². The number of nitrogens with zero attached hydrogens (tertiary/aromatic N) is 3. The van der Waals surface area contributed by atoms with E-state index in [0.29, 0.717) is 41.8 Å². The van der Waals surface area contributed by atoms with Crippen LogP contribution in [0, 0.1) is 13.8 Å². The number of benzene rings is 3. The maximum atomic E-state index is 13.5. The maximum Gasteiger partial charge on any atom is 0.243 e. The number of carbonyl (C=O) groups is 1. The standard InChI is InChI=1S/C27H29Cl2N3O3S/c1-20-5-3-8-26(21(20)2)30-13-15-31(16-14-30)27(33)19-32(18-22-6-4-7-24(29)17-22)36(34,35)25-11-9-23(28)10-12-25/h3-12,17H,13-16,18-19H2,1-2H3. The third-order valence-corrected chi connectivity index (χ3v) is 8.85. The summed E-state index contributed by atoms with van der Waals surface area (Å²) >= 11 is 12.1. The molecule has 0 radical (unpaired) electrons. The molecule has 9 heteroatoms. The van der Waals surface area contributed by atoms with E-state index < -0.39 is 10.0 Å². The predicted octanol–water partition coefficient (Wildman–Crippen LogP) is 5.15. The molecule has 3 aromatic rings. The van der Waals surface area contributed by atoms with Crippen LogP contribution in [0.25, 0.3) is 0 Å². The molecular weight excluding hydrogens is 517 g/mol. The number of rotatable bonds is 7. The lowest BCUT2D eigenvalue weighted by molar-refractivity contribution is -0.131. The summed E-state index contributed by atoms with van der Waals surface area (Å²) in [6, 6.07) is 19.2. The molecule has 0 aliphatic carbocycles. The van der Waals surface area contributed by atoms with Crippen molar-refractivity contribution in [1.82, 2.24) is 9.21 Å². The summed E-state index contributed by atoms with van der Waals surface area (Å²) in [5, 5.41) is 0.943. The molecular formula is C27H29Cl2N3O3S. The molecule has 1 amide bonds. The molecule has 0 saturated carbocycles. The van der Waals surface area contributed by atoms with Gasteiger partial charge in [0.2, 0.25) is 15.9 Å². The normalized spacial score (nSPS) is 14.4. The number of amides is 1. The Labute approximate surface area is 223 Å². The Morgan fingerprint density at radius 1 is 0.889 bits per heavy atom. The summed E-state index contributed by atoms with van der Waals surface area (Å²) in [6.45, 7) is 6.39. The van der Waals surface area contributed by atoms with E-state index in [1.54, 1.807) is 29.2 Å². The van der Waals surface area contributed by atoms with E-state index in [-0.39, 0.29) is 23.9 Å². The summed E-state index contributed by atoms with van der Waals surface area (Å²) in [6.07, 6.45) is 0. The fourth-order valence-electron chi connectivity index (χ4n) is 4.35. The SMILES string of the molecule is Cc1cccc(N2CCN(C(=O)CN(Cc3cccc(Cl)c3)S(=O)(=O)c3ccc(Cl)cc3)CC2)c1C. The van der Waals surface area contributed by atoms with Crippen molar-refractivity contribution in [3.63, 3.8) is 0 Å². The van der Waals surface area contributed by atoms with Crippen molar-refractivity contribution >= 4 is 44.8 Å². The van der Waals surface area contributed by atoms with E-state index >= 15 is 0 Å². The molecule has 3 aromatic carbocycles. The van der Waals surface area contributed by atoms with Gasteiger partial charge in [0, 0.05) is 48.5 Å². The topological polar surface area (TPSA) is 60.9 Å². The summed E-state index contributed by atoms with van der Waals surface area (Å²) in [5.41, 5.74) is 4.34. The van der Waals surface area contributed by atoms with Crippen LogP contribution >= 0.6 is 23.2 Å². The monoisotopic (exact) mass is 545 g/mol. The third kappa shape index (κ3) is 6.03. The Morgan fingerprint density at radius 2 is 1.56 bits per heavy atom. The van der Waals surface area contributed by atoms with Crippen molar-refractivity contribution < 1.29 is 13.2 Å². The predicted molar refractivity (Wildman–Crippen MR) is 145 cm³/mol. The van der Waals surface area contributed by atoms with Crippen LogP contribution in [0.3, 0.4) is 0 Å². The first kappa shape index (κ1) is 26.5. The van der Waals surface area contributed by atoms with Crippen molar-refractivity contribution in [3.05, 3.63) is 93.5 Å². The van der Waals surface area contributed by atoms with Crippen molar-refractivity contribution in [2.75, 3.05) is 37.6 Å². The largest absolute Gasteiger partial charge is 0.368 e. The quantitative estimate of drug-likeness (QED) is 0.412. The van der Waals surface area contributed by atoms with Crippen LogP contribution in [0.2, 0.25) is 10.0 Å². The van der Waals surface area contributed by atoms with E-state index in [1.165, 1.54) is 45.4 Å². The van der Waals surface area contributed by atoms with Crippen LogP contribution in [0.5, 0.6) is 0 Å². The van der Waals surface area contributed by atoms with Gasteiger partial charge < -0.3 is 9.80 Å². The molecule has 0 spiro atoms. The smallest absolute Gasteiger partial charge is 0.243 e. The highest BCUT2D eigenvalue weighted by Gasteiger charge is 2.30. The minimum atomic E-state index is -3.95. The molecule has 1 heterocycles. The van der Waals surface area contributed by atoms with Gasteiger partial charge in [-0.1, -0.05) is 47.5 Å². The average molecular weight is 547 g/mol. The molecule has 0 N–H and O–H groups in total. The lowest BCUT2D eigenvalue weighted by atomic mass is 10.1. The zero-order valence-electron chi connectivity index (χ0n) is 20.3. The van der Waals surface area contributed by atoms with Gasteiger partial charge in [0.25, 0.3) is 0 Å². The Hall–Kier alpha value is -2.58. The fraction of sp³-hybridized carbons (Fsp3) is 0.296. The Morgan fingerprint density at radius 3 is 2.22 bits per heavy atom. The minimum Gasteiger partial charge on any atom is -0.368 e. The van der Waals surface area contributed by atoms with Crippen LogP contribution in [0.1, 0.15) is 16.7 Å². The van der Waals surface area contributed by atoms with Crippen molar-refractivity contribution in [1.29, 1.82) is 0 Å². The van der Waals surface area contributed by atoms with Gasteiger partial charge in [0.15, 0.2) is 0 Å². The van der Waals surface area contributed by atoms with Crippen LogP contribution < -0.4 is 4.90 Å². The number of hydrogen-bond acceptors (Lipinski definition) is 4. The van der Waals surface area contributed by atoms with Gasteiger partial charge in [-0.05, 0) is 73.0 Å². The first-order valence-corrected chi connectivity index (χ1v) is 13.9. The zero-order valence-corrected chi connectivity index (χ0v) is 22.7. The molecule has 1 aliphatic heterocycles. The average Bonchev–Trinajstić information content (AvgIpc) is 2.86. The second kappa shape index (κ2) is 11.2. The molecule has 1 aliphatic rings. The number of halogens is 2. The number of aryl methyl sites for hydroxylation is 1. The van der Waals surface area contributed by atoms with Gasteiger partial charge in [-0.15, -0.1) is 0 Å². The van der Waals surface area contributed by atoms with Gasteiger partial charge in [0.05, 0.1) is 11.4 Å². The van der Waals surface area contributed by atoms with Gasteiger partial charge in [-0.2, -0.15) is 4.31 Å². The molecule has 0 bridgehead atoms. The molecule has 1 fully saturated rings. The van der Waals surface area contributed by atoms with Gasteiger partial charge in [-0.25, -0.2) is 8.42 Å². The third-order valence-electron chi connectivity index (χ3n) is 6.56. The van der Waals surface area contributed by atoms with Gasteiger partial charge in [0.1, 0.15) is 0 Å². The van der Waals surface area contributed by atoms with Crippen molar-refractivity contribution in [3.8, 4) is 0 Å². The highest BCUT2D eigenvalue weighted by atomic mass is 35.5. The van der Waals surface area contributed by atoms with Crippen LogP contribution in [0.4, 0.5) is 5.69 Å².